The Balaban J connectivity index is 2.26. The number of phenolic OH excluding ortho intramolecular Hbond substituents is 1. The molecule has 0 aliphatic carbocycles. The van der Waals surface area contributed by atoms with E-state index in [0.717, 1.165) is 5.56 Å². The first-order valence-electron chi connectivity index (χ1n) is 5.46. The van der Waals surface area contributed by atoms with Crippen molar-refractivity contribution >= 4 is 0 Å². The van der Waals surface area contributed by atoms with Gasteiger partial charge in [0.05, 0.1) is 6.04 Å². The van der Waals surface area contributed by atoms with Crippen LogP contribution in [0.5, 0.6) is 5.75 Å². The minimum atomic E-state index is -0.256. The van der Waals surface area contributed by atoms with Gasteiger partial charge in [0, 0.05) is 5.56 Å². The van der Waals surface area contributed by atoms with Crippen LogP contribution in [0.25, 0.3) is 11.4 Å². The minimum Gasteiger partial charge on any atom is -0.508 e. The highest BCUT2D eigenvalue weighted by Crippen LogP contribution is 2.22. The van der Waals surface area contributed by atoms with Gasteiger partial charge >= 0.3 is 0 Å². The molecule has 1 aromatic heterocycles. The average molecular weight is 233 g/mol. The summed E-state index contributed by atoms with van der Waals surface area (Å²) in [5.74, 6) is 1.36. The molecule has 0 saturated heterocycles. The van der Waals surface area contributed by atoms with Crippen molar-refractivity contribution in [1.82, 2.24) is 10.1 Å². The van der Waals surface area contributed by atoms with Crippen molar-refractivity contribution in [2.45, 2.75) is 19.9 Å². The van der Waals surface area contributed by atoms with Crippen LogP contribution >= 0.6 is 0 Å². The molecule has 0 spiro atoms. The molecule has 0 unspecified atom stereocenters. The summed E-state index contributed by atoms with van der Waals surface area (Å²) in [4.78, 5) is 4.25. The number of aromatic nitrogens is 2. The van der Waals surface area contributed by atoms with E-state index in [4.69, 9.17) is 10.3 Å². The summed E-state index contributed by atoms with van der Waals surface area (Å²) in [6, 6.07) is 6.35. The number of benzene rings is 1. The Morgan fingerprint density at radius 1 is 1.24 bits per heavy atom. The summed E-state index contributed by atoms with van der Waals surface area (Å²) >= 11 is 0. The van der Waals surface area contributed by atoms with Crippen LogP contribution < -0.4 is 5.73 Å². The van der Waals surface area contributed by atoms with Crippen molar-refractivity contribution < 1.29 is 9.63 Å². The summed E-state index contributed by atoms with van der Waals surface area (Å²) in [6.07, 6.45) is 0. The van der Waals surface area contributed by atoms with E-state index in [1.54, 1.807) is 24.3 Å². The molecule has 0 fully saturated rings. The van der Waals surface area contributed by atoms with Gasteiger partial charge in [-0.25, -0.2) is 0 Å². The topological polar surface area (TPSA) is 85.2 Å². The summed E-state index contributed by atoms with van der Waals surface area (Å²) in [6.45, 7) is 3.99. The van der Waals surface area contributed by atoms with Gasteiger partial charge in [-0.1, -0.05) is 19.0 Å². The maximum atomic E-state index is 9.19. The fourth-order valence-corrected chi connectivity index (χ4v) is 1.38. The van der Waals surface area contributed by atoms with E-state index >= 15 is 0 Å². The normalized spacial score (nSPS) is 12.9. The van der Waals surface area contributed by atoms with Crippen molar-refractivity contribution in [3.63, 3.8) is 0 Å². The first kappa shape index (κ1) is 11.6. The van der Waals surface area contributed by atoms with E-state index in [-0.39, 0.29) is 17.7 Å². The molecule has 90 valence electrons. The maximum Gasteiger partial charge on any atom is 0.244 e. The monoisotopic (exact) mass is 233 g/mol. The van der Waals surface area contributed by atoms with Crippen LogP contribution in [0.4, 0.5) is 0 Å². The molecule has 0 bridgehead atoms. The minimum absolute atomic E-state index is 0.205. The van der Waals surface area contributed by atoms with Gasteiger partial charge < -0.3 is 15.4 Å². The molecule has 0 amide bonds. The fraction of sp³-hybridized carbons (Fsp3) is 0.333. The third-order valence-corrected chi connectivity index (χ3v) is 2.57. The SMILES string of the molecule is CC(C)[C@@H](N)c1nc(-c2ccc(O)cc2)no1. The fourth-order valence-electron chi connectivity index (χ4n) is 1.38. The van der Waals surface area contributed by atoms with Crippen LogP contribution in [0.15, 0.2) is 28.8 Å². The number of nitrogens with zero attached hydrogens (tertiary/aromatic N) is 2. The second-order valence-electron chi connectivity index (χ2n) is 4.27. The summed E-state index contributed by atoms with van der Waals surface area (Å²) < 4.78 is 5.12. The van der Waals surface area contributed by atoms with Crippen LogP contribution in [0.3, 0.4) is 0 Å². The Morgan fingerprint density at radius 3 is 2.47 bits per heavy atom. The predicted octanol–water partition coefficient (Wildman–Crippen LogP) is 2.10. The predicted molar refractivity (Wildman–Crippen MR) is 63.2 cm³/mol. The van der Waals surface area contributed by atoms with Crippen LogP contribution in [-0.2, 0) is 0 Å². The van der Waals surface area contributed by atoms with Gasteiger partial charge in [-0.3, -0.25) is 0 Å². The Bertz CT molecular complexity index is 491. The molecule has 5 nitrogen and oxygen atoms in total. The maximum absolute atomic E-state index is 9.19. The second-order valence-corrected chi connectivity index (χ2v) is 4.27. The lowest BCUT2D eigenvalue weighted by molar-refractivity contribution is 0.325. The van der Waals surface area contributed by atoms with Gasteiger partial charge in [-0.15, -0.1) is 0 Å². The highest BCUT2D eigenvalue weighted by Gasteiger charge is 2.18. The first-order chi connectivity index (χ1) is 8.08. The van der Waals surface area contributed by atoms with Gasteiger partial charge in [0.25, 0.3) is 0 Å². The van der Waals surface area contributed by atoms with Crippen molar-refractivity contribution in [2.75, 3.05) is 0 Å². The van der Waals surface area contributed by atoms with Gasteiger partial charge in [-0.2, -0.15) is 4.98 Å². The van der Waals surface area contributed by atoms with Gasteiger partial charge in [-0.05, 0) is 30.2 Å². The largest absolute Gasteiger partial charge is 0.508 e. The summed E-state index contributed by atoms with van der Waals surface area (Å²) in [5, 5.41) is 13.1. The van der Waals surface area contributed by atoms with Crippen molar-refractivity contribution in [3.05, 3.63) is 30.2 Å². The molecule has 3 N–H and O–H groups in total. The zero-order valence-electron chi connectivity index (χ0n) is 9.79. The van der Waals surface area contributed by atoms with Crippen LogP contribution in [-0.4, -0.2) is 15.2 Å². The third kappa shape index (κ3) is 2.45. The molecule has 0 aliphatic rings. The lowest BCUT2D eigenvalue weighted by Gasteiger charge is -2.09. The van der Waals surface area contributed by atoms with E-state index < -0.39 is 0 Å². The van der Waals surface area contributed by atoms with Crippen LogP contribution in [0.1, 0.15) is 25.8 Å². The Hall–Kier alpha value is -1.88. The van der Waals surface area contributed by atoms with E-state index in [1.807, 2.05) is 13.8 Å². The van der Waals surface area contributed by atoms with Crippen LogP contribution in [0, 0.1) is 5.92 Å². The third-order valence-electron chi connectivity index (χ3n) is 2.57. The summed E-state index contributed by atoms with van der Waals surface area (Å²) in [7, 11) is 0. The molecule has 2 aromatic rings. The molecule has 17 heavy (non-hydrogen) atoms. The van der Waals surface area contributed by atoms with Gasteiger partial charge in [0.15, 0.2) is 0 Å². The smallest absolute Gasteiger partial charge is 0.244 e. The number of nitrogens with two attached hydrogens (primary N) is 1. The van der Waals surface area contributed by atoms with Crippen molar-refractivity contribution in [3.8, 4) is 17.1 Å². The highest BCUT2D eigenvalue weighted by molar-refractivity contribution is 5.55. The number of hydrogen-bond donors (Lipinski definition) is 2. The Morgan fingerprint density at radius 2 is 1.88 bits per heavy atom. The molecule has 2 rings (SSSR count). The molecule has 1 aromatic carbocycles. The van der Waals surface area contributed by atoms with Gasteiger partial charge in [0.2, 0.25) is 11.7 Å². The number of rotatable bonds is 3. The molecule has 0 saturated carbocycles. The van der Waals surface area contributed by atoms with E-state index in [2.05, 4.69) is 10.1 Å². The molecule has 0 aliphatic heterocycles. The number of hydrogen-bond acceptors (Lipinski definition) is 5. The number of aromatic hydroxyl groups is 1. The molecule has 5 heteroatoms. The van der Waals surface area contributed by atoms with E-state index in [0.29, 0.717) is 11.7 Å². The van der Waals surface area contributed by atoms with Gasteiger partial charge in [0.1, 0.15) is 5.75 Å². The van der Waals surface area contributed by atoms with Crippen molar-refractivity contribution in [2.24, 2.45) is 11.7 Å². The zero-order valence-corrected chi connectivity index (χ0v) is 9.79. The van der Waals surface area contributed by atoms with E-state index in [9.17, 15) is 5.11 Å². The molecule has 1 heterocycles. The molecule has 1 atom stereocenters. The standard InChI is InChI=1S/C12H15N3O2/c1-7(2)10(13)12-14-11(15-17-12)8-3-5-9(16)6-4-8/h3-7,10,16H,13H2,1-2H3/t10-/m1/s1. The number of phenols is 1. The summed E-state index contributed by atoms with van der Waals surface area (Å²) in [5.41, 5.74) is 6.70. The Kier molecular flexibility index (Phi) is 3.10. The van der Waals surface area contributed by atoms with Crippen molar-refractivity contribution in [1.29, 1.82) is 0 Å². The highest BCUT2D eigenvalue weighted by atomic mass is 16.5. The lowest BCUT2D eigenvalue weighted by Crippen LogP contribution is -2.16. The van der Waals surface area contributed by atoms with Crippen LogP contribution in [0.2, 0.25) is 0 Å². The lowest BCUT2D eigenvalue weighted by atomic mass is 10.1. The first-order valence-corrected chi connectivity index (χ1v) is 5.46. The zero-order chi connectivity index (χ0) is 12.4. The molecule has 0 radical (unpaired) electrons. The van der Waals surface area contributed by atoms with E-state index in [1.165, 1.54) is 0 Å². The second kappa shape index (κ2) is 4.55. The average Bonchev–Trinajstić information content (AvgIpc) is 2.78. The molecular weight excluding hydrogens is 218 g/mol. The Labute approximate surface area is 99.3 Å². The quantitative estimate of drug-likeness (QED) is 0.847. The molecular formula is C12H15N3O2.